The van der Waals surface area contributed by atoms with E-state index in [0.29, 0.717) is 6.04 Å². The highest BCUT2D eigenvalue weighted by molar-refractivity contribution is 5.68. The molecule has 0 heterocycles. The van der Waals surface area contributed by atoms with Gasteiger partial charge in [0.15, 0.2) is 0 Å². The number of methoxy groups -OCH3 is 1. The maximum atomic E-state index is 11.6. The molecule has 1 aliphatic carbocycles. The van der Waals surface area contributed by atoms with E-state index in [1.54, 1.807) is 7.11 Å². The van der Waals surface area contributed by atoms with Crippen molar-refractivity contribution >= 4 is 6.09 Å². The molecule has 112 valence electrons. The van der Waals surface area contributed by atoms with Gasteiger partial charge < -0.3 is 20.1 Å². The molecule has 1 fully saturated rings. The second kappa shape index (κ2) is 6.09. The monoisotopic (exact) mass is 272 g/mol. The third-order valence-electron chi connectivity index (χ3n) is 3.23. The summed E-state index contributed by atoms with van der Waals surface area (Å²) in [5.74, 6) is 0. The van der Waals surface area contributed by atoms with Gasteiger partial charge in [0, 0.05) is 25.7 Å². The number of ether oxygens (including phenoxy) is 2. The van der Waals surface area contributed by atoms with E-state index in [9.17, 15) is 4.79 Å². The van der Waals surface area contributed by atoms with Crippen LogP contribution in [-0.2, 0) is 9.47 Å². The molecule has 0 atom stereocenters. The summed E-state index contributed by atoms with van der Waals surface area (Å²) >= 11 is 0. The van der Waals surface area contributed by atoms with Crippen LogP contribution in [0.25, 0.3) is 0 Å². The molecule has 0 radical (unpaired) electrons. The van der Waals surface area contributed by atoms with Gasteiger partial charge in [0.25, 0.3) is 0 Å². The van der Waals surface area contributed by atoms with Gasteiger partial charge in [-0.05, 0) is 47.5 Å². The van der Waals surface area contributed by atoms with E-state index in [1.165, 1.54) is 0 Å². The fourth-order valence-electron chi connectivity index (χ4n) is 1.84. The molecule has 0 saturated heterocycles. The second-order valence-electron chi connectivity index (χ2n) is 6.86. The highest BCUT2D eigenvalue weighted by Gasteiger charge is 2.32. The Kier molecular flexibility index (Phi) is 5.21. The number of amides is 1. The largest absolute Gasteiger partial charge is 0.444 e. The van der Waals surface area contributed by atoms with Crippen LogP contribution in [0, 0.1) is 0 Å². The van der Waals surface area contributed by atoms with Crippen molar-refractivity contribution < 1.29 is 14.3 Å². The highest BCUT2D eigenvalue weighted by atomic mass is 16.6. The second-order valence-corrected chi connectivity index (χ2v) is 6.86. The van der Waals surface area contributed by atoms with Gasteiger partial charge in [-0.1, -0.05) is 0 Å². The van der Waals surface area contributed by atoms with Gasteiger partial charge in [-0.3, -0.25) is 0 Å². The first-order valence-corrected chi connectivity index (χ1v) is 6.89. The number of carbonyl (C=O) groups excluding carboxylic acids is 1. The van der Waals surface area contributed by atoms with Crippen LogP contribution in [-0.4, -0.2) is 43.0 Å². The molecule has 0 aromatic rings. The molecule has 0 aromatic heterocycles. The zero-order valence-electron chi connectivity index (χ0n) is 13.0. The number of hydrogen-bond donors (Lipinski definition) is 2. The predicted molar refractivity (Wildman–Crippen MR) is 75.3 cm³/mol. The minimum absolute atomic E-state index is 0.149. The summed E-state index contributed by atoms with van der Waals surface area (Å²) in [4.78, 5) is 11.6. The average Bonchev–Trinajstić information content (AvgIpc) is 2.18. The predicted octanol–water partition coefficient (Wildman–Crippen LogP) is 2.06. The Morgan fingerprint density at radius 2 is 1.74 bits per heavy atom. The van der Waals surface area contributed by atoms with Crippen molar-refractivity contribution in [3.63, 3.8) is 0 Å². The van der Waals surface area contributed by atoms with Crippen LogP contribution in [0.5, 0.6) is 0 Å². The van der Waals surface area contributed by atoms with Crippen molar-refractivity contribution in [2.24, 2.45) is 0 Å². The van der Waals surface area contributed by atoms with Crippen molar-refractivity contribution in [3.05, 3.63) is 0 Å². The first-order valence-electron chi connectivity index (χ1n) is 6.89. The minimum Gasteiger partial charge on any atom is -0.444 e. The van der Waals surface area contributed by atoms with Gasteiger partial charge in [-0.15, -0.1) is 0 Å². The summed E-state index contributed by atoms with van der Waals surface area (Å²) in [5, 5.41) is 6.33. The Bertz CT molecular complexity index is 304. The lowest BCUT2D eigenvalue weighted by molar-refractivity contribution is 0.0162. The van der Waals surface area contributed by atoms with Gasteiger partial charge in [-0.25, -0.2) is 4.79 Å². The van der Waals surface area contributed by atoms with Crippen molar-refractivity contribution in [1.82, 2.24) is 10.6 Å². The molecule has 1 rings (SSSR count). The summed E-state index contributed by atoms with van der Waals surface area (Å²) in [7, 11) is 1.72. The highest BCUT2D eigenvalue weighted by Crippen LogP contribution is 2.21. The third-order valence-corrected chi connectivity index (χ3v) is 3.23. The first-order chi connectivity index (χ1) is 8.61. The van der Waals surface area contributed by atoms with E-state index in [1.807, 2.05) is 20.8 Å². The molecule has 19 heavy (non-hydrogen) atoms. The molecule has 1 saturated carbocycles. The summed E-state index contributed by atoms with van der Waals surface area (Å²) in [6, 6.07) is 0.673. The minimum atomic E-state index is -0.437. The molecule has 0 unspecified atom stereocenters. The van der Waals surface area contributed by atoms with E-state index in [0.717, 1.165) is 19.4 Å². The molecule has 0 aromatic carbocycles. The summed E-state index contributed by atoms with van der Waals surface area (Å²) < 4.78 is 10.6. The molecular weight excluding hydrogens is 244 g/mol. The number of carbonyl (C=O) groups is 1. The molecule has 2 N–H and O–H groups in total. The molecule has 1 aliphatic rings. The van der Waals surface area contributed by atoms with Gasteiger partial charge in [0.05, 0.1) is 5.60 Å². The van der Waals surface area contributed by atoms with Crippen LogP contribution < -0.4 is 10.6 Å². The van der Waals surface area contributed by atoms with Crippen LogP contribution in [0.2, 0.25) is 0 Å². The lowest BCUT2D eigenvalue weighted by Crippen LogP contribution is -2.55. The summed E-state index contributed by atoms with van der Waals surface area (Å²) in [5.41, 5.74) is -0.586. The van der Waals surface area contributed by atoms with Crippen molar-refractivity contribution in [2.75, 3.05) is 13.7 Å². The van der Waals surface area contributed by atoms with Crippen molar-refractivity contribution in [2.45, 2.75) is 70.7 Å². The smallest absolute Gasteiger partial charge is 0.407 e. The Morgan fingerprint density at radius 3 is 2.21 bits per heavy atom. The number of hydrogen-bond acceptors (Lipinski definition) is 4. The van der Waals surface area contributed by atoms with E-state index in [2.05, 4.69) is 24.5 Å². The average molecular weight is 272 g/mol. The standard InChI is InChI=1S/C14H28N2O3/c1-13(2,3)19-12(17)16-11-7-10(8-11)15-9-14(4,5)18-6/h10-11,15H,7-9H2,1-6H3,(H,16,17). The number of nitrogens with one attached hydrogen (secondary N) is 2. The lowest BCUT2D eigenvalue weighted by atomic mass is 9.86. The normalized spacial score (nSPS) is 23.7. The molecule has 1 amide bonds. The SMILES string of the molecule is COC(C)(C)CNC1CC(NC(=O)OC(C)(C)C)C1. The zero-order valence-corrected chi connectivity index (χ0v) is 13.0. The summed E-state index contributed by atoms with van der Waals surface area (Å²) in [6.07, 6.45) is 1.56. The van der Waals surface area contributed by atoms with Crippen molar-refractivity contribution in [1.29, 1.82) is 0 Å². The maximum Gasteiger partial charge on any atom is 0.407 e. The number of alkyl carbamates (subject to hydrolysis) is 1. The maximum absolute atomic E-state index is 11.6. The molecule has 0 spiro atoms. The van der Waals surface area contributed by atoms with Gasteiger partial charge in [0.1, 0.15) is 5.60 Å². The quantitative estimate of drug-likeness (QED) is 0.804. The van der Waals surface area contributed by atoms with Crippen LogP contribution in [0.15, 0.2) is 0 Å². The zero-order chi connectivity index (χ0) is 14.7. The van der Waals surface area contributed by atoms with Gasteiger partial charge in [-0.2, -0.15) is 0 Å². The van der Waals surface area contributed by atoms with E-state index >= 15 is 0 Å². The molecule has 0 aliphatic heterocycles. The first kappa shape index (κ1) is 16.2. The molecule has 5 heteroatoms. The topological polar surface area (TPSA) is 59.6 Å². The lowest BCUT2D eigenvalue weighted by Gasteiger charge is -2.38. The van der Waals surface area contributed by atoms with Crippen LogP contribution in [0.4, 0.5) is 4.79 Å². The Hall–Kier alpha value is -0.810. The fraction of sp³-hybridized carbons (Fsp3) is 0.929. The van der Waals surface area contributed by atoms with Crippen LogP contribution in [0.3, 0.4) is 0 Å². The molecule has 0 bridgehead atoms. The molecular formula is C14H28N2O3. The van der Waals surface area contributed by atoms with Gasteiger partial charge >= 0.3 is 6.09 Å². The fourth-order valence-corrected chi connectivity index (χ4v) is 1.84. The summed E-state index contributed by atoms with van der Waals surface area (Å²) in [6.45, 7) is 10.5. The molecule has 5 nitrogen and oxygen atoms in total. The van der Waals surface area contributed by atoms with Crippen LogP contribution >= 0.6 is 0 Å². The van der Waals surface area contributed by atoms with Crippen molar-refractivity contribution in [3.8, 4) is 0 Å². The number of rotatable bonds is 5. The Labute approximate surface area is 116 Å². The Balaban J connectivity index is 2.15. The van der Waals surface area contributed by atoms with E-state index in [-0.39, 0.29) is 17.7 Å². The van der Waals surface area contributed by atoms with Gasteiger partial charge in [0.2, 0.25) is 0 Å². The Morgan fingerprint density at radius 1 is 1.16 bits per heavy atom. The van der Waals surface area contributed by atoms with E-state index in [4.69, 9.17) is 9.47 Å². The van der Waals surface area contributed by atoms with Crippen LogP contribution in [0.1, 0.15) is 47.5 Å². The third kappa shape index (κ3) is 6.25. The van der Waals surface area contributed by atoms with E-state index < -0.39 is 5.60 Å².